The fourth-order valence-electron chi connectivity index (χ4n) is 2.06. The van der Waals surface area contributed by atoms with E-state index in [0.717, 1.165) is 30.5 Å². The largest absolute Gasteiger partial charge is 0.333 e. The average molecular weight is 381 g/mol. The highest BCUT2D eigenvalue weighted by atomic mass is 35.5. The summed E-state index contributed by atoms with van der Waals surface area (Å²) in [6.07, 6.45) is 3.21. The summed E-state index contributed by atoms with van der Waals surface area (Å²) in [6, 6.07) is 15.0. The number of carbonyl (C=O) groups is 1. The number of anilines is 1. The van der Waals surface area contributed by atoms with Crippen molar-refractivity contribution in [3.8, 4) is 0 Å². The van der Waals surface area contributed by atoms with E-state index < -0.39 is 0 Å². The number of hydrogen-bond acceptors (Lipinski definition) is 4. The smallest absolute Gasteiger partial charge is 0.257 e. The topological polar surface area (TPSA) is 107 Å². The lowest BCUT2D eigenvalue weighted by Gasteiger charge is -2.11. The lowest BCUT2D eigenvalue weighted by Crippen LogP contribution is -2.13. The van der Waals surface area contributed by atoms with Crippen molar-refractivity contribution in [2.24, 2.45) is 17.2 Å². The molecule has 0 atom stereocenters. The fraction of sp³-hybridized carbons (Fsp3) is 0.350. The summed E-state index contributed by atoms with van der Waals surface area (Å²) in [5.41, 5.74) is 16.0. The molecular weight excluding hydrogens is 348 g/mol. The Hall–Kier alpha value is -1.92. The molecule has 0 bridgehead atoms. The molecule has 7 N–H and O–H groups in total. The third-order valence-electron chi connectivity index (χ3n) is 3.18. The zero-order valence-corrected chi connectivity index (χ0v) is 17.0. The Bertz CT molecular complexity index is 606. The van der Waals surface area contributed by atoms with Gasteiger partial charge in [0.25, 0.3) is 5.91 Å². The van der Waals surface area contributed by atoms with Gasteiger partial charge < -0.3 is 22.5 Å². The number of unbranched alkanes of at least 4 members (excludes halogenated alkanes) is 1. The van der Waals surface area contributed by atoms with Crippen molar-refractivity contribution >= 4 is 23.2 Å². The van der Waals surface area contributed by atoms with E-state index in [1.807, 2.05) is 30.3 Å². The van der Waals surface area contributed by atoms with Gasteiger partial charge in [-0.15, -0.1) is 0 Å². The van der Waals surface area contributed by atoms with Crippen LogP contribution in [0.25, 0.3) is 0 Å². The molecule has 0 heterocycles. The van der Waals surface area contributed by atoms with Crippen LogP contribution >= 0.6 is 11.6 Å². The summed E-state index contributed by atoms with van der Waals surface area (Å²) in [5.74, 6) is -0.167. The Morgan fingerprint density at radius 1 is 0.923 bits per heavy atom. The third kappa shape index (κ3) is 9.53. The first kappa shape index (κ1) is 26.3. The Kier molecular flexibility index (Phi) is 18.1. The molecule has 26 heavy (non-hydrogen) atoms. The van der Waals surface area contributed by atoms with E-state index >= 15 is 0 Å². The minimum Gasteiger partial charge on any atom is -0.333 e. The molecule has 6 heteroatoms. The number of halogens is 1. The van der Waals surface area contributed by atoms with Crippen LogP contribution in [0, 0.1) is 0 Å². The molecule has 5 nitrogen and oxygen atoms in total. The molecule has 0 fully saturated rings. The quantitative estimate of drug-likeness (QED) is 0.634. The summed E-state index contributed by atoms with van der Waals surface area (Å²) in [7, 11) is 4.50. The minimum atomic E-state index is -0.167. The van der Waals surface area contributed by atoms with E-state index in [4.69, 9.17) is 11.6 Å². The van der Waals surface area contributed by atoms with Crippen LogP contribution in [0.3, 0.4) is 0 Å². The summed E-state index contributed by atoms with van der Waals surface area (Å²) in [4.78, 5) is 12.3. The maximum Gasteiger partial charge on any atom is 0.257 e. The van der Waals surface area contributed by atoms with Gasteiger partial charge in [-0.25, -0.2) is 0 Å². The van der Waals surface area contributed by atoms with Crippen molar-refractivity contribution in [1.82, 2.24) is 0 Å². The molecule has 2 aromatic carbocycles. The Morgan fingerprint density at radius 3 is 2.04 bits per heavy atom. The Balaban J connectivity index is 0. The molecule has 0 aliphatic heterocycles. The second-order valence-electron chi connectivity index (χ2n) is 4.69. The van der Waals surface area contributed by atoms with Crippen LogP contribution in [0.1, 0.15) is 35.7 Å². The van der Waals surface area contributed by atoms with Gasteiger partial charge in [-0.1, -0.05) is 55.3 Å². The van der Waals surface area contributed by atoms with Crippen molar-refractivity contribution in [3.63, 3.8) is 0 Å². The highest BCUT2D eigenvalue weighted by Crippen LogP contribution is 2.21. The predicted octanol–water partition coefficient (Wildman–Crippen LogP) is 3.66. The maximum atomic E-state index is 12.3. The lowest BCUT2D eigenvalue weighted by molar-refractivity contribution is 0.102. The van der Waals surface area contributed by atoms with Gasteiger partial charge in [-0.05, 0) is 57.7 Å². The number of nitrogens with two attached hydrogens (primary N) is 3. The van der Waals surface area contributed by atoms with Crippen molar-refractivity contribution in [3.05, 3.63) is 64.7 Å². The van der Waals surface area contributed by atoms with Crippen molar-refractivity contribution in [2.75, 3.05) is 26.5 Å². The standard InChI is InChI=1S/C17H18ClNO.3CH5N/c1-2-3-8-13-9-4-7-12-16(13)19-17(20)14-10-5-6-11-15(14)18;3*1-2/h4-7,9-12H,2-3,8H2,1H3,(H,19,20);3*2H2,1H3. The second-order valence-corrected chi connectivity index (χ2v) is 5.10. The molecule has 0 aliphatic carbocycles. The van der Waals surface area contributed by atoms with Crippen LogP contribution in [0.4, 0.5) is 5.69 Å². The molecule has 1 amide bonds. The normalized spacial score (nSPS) is 8.62. The van der Waals surface area contributed by atoms with Gasteiger partial charge >= 0.3 is 0 Å². The number of hydrogen-bond donors (Lipinski definition) is 4. The molecule has 0 radical (unpaired) electrons. The highest BCUT2D eigenvalue weighted by molar-refractivity contribution is 6.34. The van der Waals surface area contributed by atoms with Crippen LogP contribution in [-0.2, 0) is 6.42 Å². The molecule has 0 aliphatic rings. The van der Waals surface area contributed by atoms with Gasteiger partial charge in [0, 0.05) is 5.69 Å². The Morgan fingerprint density at radius 2 is 1.46 bits per heavy atom. The number of amides is 1. The first-order chi connectivity index (χ1) is 12.7. The SMILES string of the molecule is CCCCc1ccccc1NC(=O)c1ccccc1Cl.CN.CN.CN. The van der Waals surface area contributed by atoms with Gasteiger partial charge in [-0.3, -0.25) is 4.79 Å². The number of carbonyl (C=O) groups excluding carboxylic acids is 1. The van der Waals surface area contributed by atoms with Crippen molar-refractivity contribution < 1.29 is 4.79 Å². The molecule has 0 saturated carbocycles. The van der Waals surface area contributed by atoms with Gasteiger partial charge in [0.15, 0.2) is 0 Å². The van der Waals surface area contributed by atoms with E-state index in [0.29, 0.717) is 10.6 Å². The minimum absolute atomic E-state index is 0.167. The fourth-order valence-corrected chi connectivity index (χ4v) is 2.28. The molecule has 0 unspecified atom stereocenters. The molecule has 146 valence electrons. The Labute approximate surface area is 162 Å². The summed E-state index contributed by atoms with van der Waals surface area (Å²) < 4.78 is 0. The number of para-hydroxylation sites is 1. The molecule has 0 saturated heterocycles. The second kappa shape index (κ2) is 17.9. The average Bonchev–Trinajstić information content (AvgIpc) is 2.72. The van der Waals surface area contributed by atoms with E-state index in [9.17, 15) is 4.79 Å². The maximum absolute atomic E-state index is 12.3. The van der Waals surface area contributed by atoms with Crippen molar-refractivity contribution in [1.29, 1.82) is 0 Å². The molecule has 2 rings (SSSR count). The van der Waals surface area contributed by atoms with E-state index in [1.54, 1.807) is 12.1 Å². The van der Waals surface area contributed by atoms with Gasteiger partial charge in [-0.2, -0.15) is 0 Å². The third-order valence-corrected chi connectivity index (χ3v) is 3.51. The monoisotopic (exact) mass is 380 g/mol. The van der Waals surface area contributed by atoms with Gasteiger partial charge in [0.1, 0.15) is 0 Å². The van der Waals surface area contributed by atoms with E-state index in [-0.39, 0.29) is 5.91 Å². The number of aryl methyl sites for hydroxylation is 1. The molecule has 0 aromatic heterocycles. The summed E-state index contributed by atoms with van der Waals surface area (Å²) in [6.45, 7) is 2.16. The van der Waals surface area contributed by atoms with Crippen LogP contribution in [0.2, 0.25) is 5.02 Å². The van der Waals surface area contributed by atoms with Gasteiger partial charge in [0.2, 0.25) is 0 Å². The summed E-state index contributed by atoms with van der Waals surface area (Å²) >= 11 is 6.05. The highest BCUT2D eigenvalue weighted by Gasteiger charge is 2.11. The zero-order chi connectivity index (χ0) is 20.4. The van der Waals surface area contributed by atoms with Crippen LogP contribution in [0.5, 0.6) is 0 Å². The number of rotatable bonds is 5. The molecule has 0 spiro atoms. The van der Waals surface area contributed by atoms with E-state index in [2.05, 4.69) is 35.5 Å². The molecule has 2 aromatic rings. The number of nitrogens with one attached hydrogen (secondary N) is 1. The van der Waals surface area contributed by atoms with Crippen LogP contribution in [-0.4, -0.2) is 27.1 Å². The van der Waals surface area contributed by atoms with Gasteiger partial charge in [0.05, 0.1) is 10.6 Å². The lowest BCUT2D eigenvalue weighted by atomic mass is 10.1. The van der Waals surface area contributed by atoms with Crippen LogP contribution < -0.4 is 22.5 Å². The number of benzene rings is 2. The van der Waals surface area contributed by atoms with Crippen LogP contribution in [0.15, 0.2) is 48.5 Å². The van der Waals surface area contributed by atoms with E-state index in [1.165, 1.54) is 21.1 Å². The molecular formula is C20H33ClN4O. The van der Waals surface area contributed by atoms with Crippen molar-refractivity contribution in [2.45, 2.75) is 26.2 Å². The summed E-state index contributed by atoms with van der Waals surface area (Å²) in [5, 5.41) is 3.42. The predicted molar refractivity (Wildman–Crippen MR) is 115 cm³/mol. The zero-order valence-electron chi connectivity index (χ0n) is 16.3. The first-order valence-electron chi connectivity index (χ1n) is 8.59. The first-order valence-corrected chi connectivity index (χ1v) is 8.97.